The summed E-state index contributed by atoms with van der Waals surface area (Å²) in [5, 5.41) is 0. The molecule has 0 aromatic heterocycles. The fourth-order valence-electron chi connectivity index (χ4n) is 0.612. The van der Waals surface area contributed by atoms with E-state index in [1.165, 1.54) is 0 Å². The highest BCUT2D eigenvalue weighted by Gasteiger charge is 2.18. The maximum atomic E-state index is 11.0. The number of carbonyl (C=O) groups excluding carboxylic acids is 1. The molecular weight excluding hydrogens is 156 g/mol. The molecule has 3 heteroatoms. The Bertz CT molecular complexity index is 147. The number of allylic oxidation sites excluding steroid dienone is 1. The predicted octanol–water partition coefficient (Wildman–Crippen LogP) is 2.33. The van der Waals surface area contributed by atoms with E-state index in [2.05, 4.69) is 6.58 Å². The van der Waals surface area contributed by atoms with Gasteiger partial charge in [-0.15, -0.1) is 6.58 Å². The van der Waals surface area contributed by atoms with Gasteiger partial charge in [0.1, 0.15) is 0 Å². The number of hydrogen-bond acceptors (Lipinski definition) is 2. The van der Waals surface area contributed by atoms with Crippen LogP contribution in [-0.4, -0.2) is 14.3 Å². The number of hydrogen-bond donors (Lipinski definition) is 0. The van der Waals surface area contributed by atoms with Crippen LogP contribution < -0.4 is 0 Å². The molecule has 0 spiro atoms. The summed E-state index contributed by atoms with van der Waals surface area (Å²) in [7, 11) is -1.65. The second-order valence-electron chi connectivity index (χ2n) is 3.41. The minimum absolute atomic E-state index is 0.0935. The molecule has 2 nitrogen and oxygen atoms in total. The van der Waals surface area contributed by atoms with Gasteiger partial charge < -0.3 is 4.43 Å². The molecule has 64 valence electrons. The van der Waals surface area contributed by atoms with Crippen LogP contribution in [0.15, 0.2) is 12.7 Å². The molecule has 0 rings (SSSR count). The molecule has 0 atom stereocenters. The van der Waals surface area contributed by atoms with Gasteiger partial charge in [-0.3, -0.25) is 4.79 Å². The van der Waals surface area contributed by atoms with E-state index < -0.39 is 8.32 Å². The summed E-state index contributed by atoms with van der Waals surface area (Å²) in [5.41, 5.74) is 0. The molecule has 0 saturated heterocycles. The van der Waals surface area contributed by atoms with Crippen LogP contribution >= 0.6 is 0 Å². The van der Waals surface area contributed by atoms with Gasteiger partial charge in [0.15, 0.2) is 0 Å². The lowest BCUT2D eigenvalue weighted by molar-refractivity contribution is -0.135. The van der Waals surface area contributed by atoms with E-state index in [-0.39, 0.29) is 5.97 Å². The summed E-state index contributed by atoms with van der Waals surface area (Å²) < 4.78 is 5.19. The molecular formula is C8H16O2Si. The molecule has 0 amide bonds. The molecule has 0 unspecified atom stereocenters. The van der Waals surface area contributed by atoms with Crippen molar-refractivity contribution in [3.63, 3.8) is 0 Å². The second-order valence-corrected chi connectivity index (χ2v) is 7.84. The van der Waals surface area contributed by atoms with Crippen molar-refractivity contribution in [2.45, 2.75) is 32.5 Å². The first kappa shape index (κ1) is 10.4. The second kappa shape index (κ2) is 4.33. The molecule has 0 fully saturated rings. The van der Waals surface area contributed by atoms with E-state index >= 15 is 0 Å². The Labute approximate surface area is 69.4 Å². The van der Waals surface area contributed by atoms with Crippen LogP contribution in [0, 0.1) is 0 Å². The third-order valence-electron chi connectivity index (χ3n) is 0.973. The molecule has 0 aromatic rings. The molecule has 0 aromatic carbocycles. The third-order valence-corrected chi connectivity index (χ3v) is 1.81. The van der Waals surface area contributed by atoms with Gasteiger partial charge in [-0.25, -0.2) is 0 Å². The fraction of sp³-hybridized carbons (Fsp3) is 0.625. The van der Waals surface area contributed by atoms with Crippen molar-refractivity contribution in [1.29, 1.82) is 0 Å². The summed E-state index contributed by atoms with van der Waals surface area (Å²) >= 11 is 0. The van der Waals surface area contributed by atoms with Crippen LogP contribution in [-0.2, 0) is 9.22 Å². The number of carbonyl (C=O) groups is 1. The van der Waals surface area contributed by atoms with E-state index in [0.29, 0.717) is 12.8 Å². The van der Waals surface area contributed by atoms with Crippen molar-refractivity contribution in [3.8, 4) is 0 Å². The quantitative estimate of drug-likeness (QED) is 0.480. The summed E-state index contributed by atoms with van der Waals surface area (Å²) in [5.74, 6) is -0.0935. The lowest BCUT2D eigenvalue weighted by atomic mass is 10.3. The Hall–Kier alpha value is -0.573. The van der Waals surface area contributed by atoms with Gasteiger partial charge in [-0.2, -0.15) is 0 Å². The van der Waals surface area contributed by atoms with Crippen LogP contribution in [0.3, 0.4) is 0 Å². The maximum absolute atomic E-state index is 11.0. The smallest absolute Gasteiger partial charge is 0.292 e. The largest absolute Gasteiger partial charge is 0.520 e. The van der Waals surface area contributed by atoms with Crippen molar-refractivity contribution in [3.05, 3.63) is 12.7 Å². The van der Waals surface area contributed by atoms with Crippen molar-refractivity contribution < 1.29 is 9.22 Å². The Morgan fingerprint density at radius 2 is 2.09 bits per heavy atom. The maximum Gasteiger partial charge on any atom is 0.292 e. The van der Waals surface area contributed by atoms with Crippen LogP contribution in [0.25, 0.3) is 0 Å². The van der Waals surface area contributed by atoms with Crippen molar-refractivity contribution in [1.82, 2.24) is 0 Å². The van der Waals surface area contributed by atoms with E-state index in [0.717, 1.165) is 0 Å². The molecule has 0 aliphatic carbocycles. The molecule has 0 aliphatic heterocycles. The molecule has 0 radical (unpaired) electrons. The topological polar surface area (TPSA) is 26.3 Å². The first-order valence-electron chi connectivity index (χ1n) is 3.78. The van der Waals surface area contributed by atoms with Gasteiger partial charge in [0, 0.05) is 6.42 Å². The zero-order valence-corrected chi connectivity index (χ0v) is 8.52. The molecule has 11 heavy (non-hydrogen) atoms. The highest BCUT2D eigenvalue weighted by atomic mass is 28.4. The van der Waals surface area contributed by atoms with Crippen LogP contribution in [0.4, 0.5) is 0 Å². The van der Waals surface area contributed by atoms with Gasteiger partial charge in [0.25, 0.3) is 5.97 Å². The van der Waals surface area contributed by atoms with Gasteiger partial charge in [-0.05, 0) is 26.1 Å². The Balaban J connectivity index is 3.61. The van der Waals surface area contributed by atoms with Gasteiger partial charge >= 0.3 is 0 Å². The van der Waals surface area contributed by atoms with E-state index in [4.69, 9.17) is 4.43 Å². The summed E-state index contributed by atoms with van der Waals surface area (Å²) in [4.78, 5) is 11.0. The van der Waals surface area contributed by atoms with Crippen molar-refractivity contribution in [2.75, 3.05) is 0 Å². The minimum atomic E-state index is -1.65. The standard InChI is InChI=1S/C8H16O2Si/c1-5-6-7-8(9)10-11(2,3)4/h5H,1,6-7H2,2-4H3. The van der Waals surface area contributed by atoms with Crippen molar-refractivity contribution >= 4 is 14.3 Å². The van der Waals surface area contributed by atoms with Crippen molar-refractivity contribution in [2.24, 2.45) is 0 Å². The van der Waals surface area contributed by atoms with E-state index in [9.17, 15) is 4.79 Å². The Kier molecular flexibility index (Phi) is 4.11. The monoisotopic (exact) mass is 172 g/mol. The highest BCUT2D eigenvalue weighted by Crippen LogP contribution is 2.05. The normalized spacial score (nSPS) is 10.8. The van der Waals surface area contributed by atoms with E-state index in [1.807, 2.05) is 19.6 Å². The first-order valence-corrected chi connectivity index (χ1v) is 7.19. The van der Waals surface area contributed by atoms with Gasteiger partial charge in [0.05, 0.1) is 0 Å². The highest BCUT2D eigenvalue weighted by molar-refractivity contribution is 6.71. The molecule has 0 bridgehead atoms. The predicted molar refractivity (Wildman–Crippen MR) is 48.9 cm³/mol. The summed E-state index contributed by atoms with van der Waals surface area (Å²) in [6.45, 7) is 9.53. The van der Waals surface area contributed by atoms with Gasteiger partial charge in [0.2, 0.25) is 8.32 Å². The number of rotatable bonds is 4. The lowest BCUT2D eigenvalue weighted by Gasteiger charge is -2.16. The van der Waals surface area contributed by atoms with Crippen LogP contribution in [0.1, 0.15) is 12.8 Å². The molecule has 0 heterocycles. The summed E-state index contributed by atoms with van der Waals surface area (Å²) in [6.07, 6.45) is 2.91. The lowest BCUT2D eigenvalue weighted by Crippen LogP contribution is -2.28. The molecule has 0 saturated carbocycles. The fourth-order valence-corrected chi connectivity index (χ4v) is 1.40. The minimum Gasteiger partial charge on any atom is -0.520 e. The first-order chi connectivity index (χ1) is 4.95. The average Bonchev–Trinajstić information content (AvgIpc) is 1.79. The molecule has 0 aliphatic rings. The van der Waals surface area contributed by atoms with E-state index in [1.54, 1.807) is 6.08 Å². The Morgan fingerprint density at radius 1 is 1.55 bits per heavy atom. The Morgan fingerprint density at radius 3 is 2.45 bits per heavy atom. The molecule has 0 N–H and O–H groups in total. The third kappa shape index (κ3) is 7.32. The van der Waals surface area contributed by atoms with Crippen LogP contribution in [0.2, 0.25) is 19.6 Å². The van der Waals surface area contributed by atoms with Crippen LogP contribution in [0.5, 0.6) is 0 Å². The zero-order valence-electron chi connectivity index (χ0n) is 7.52. The zero-order chi connectivity index (χ0) is 8.91. The van der Waals surface area contributed by atoms with Gasteiger partial charge in [-0.1, -0.05) is 6.08 Å². The average molecular weight is 172 g/mol. The SMILES string of the molecule is C=CCCC(=O)O[Si](C)(C)C. The summed E-state index contributed by atoms with van der Waals surface area (Å²) in [6, 6.07) is 0.